The van der Waals surface area contributed by atoms with Gasteiger partial charge in [0.15, 0.2) is 5.76 Å². The zero-order valence-corrected chi connectivity index (χ0v) is 16.5. The molecule has 2 heterocycles. The lowest BCUT2D eigenvalue weighted by Gasteiger charge is -2.33. The fraction of sp³-hybridized carbons (Fsp3) is 0.182. The van der Waals surface area contributed by atoms with Crippen molar-refractivity contribution < 1.29 is 14.0 Å². The van der Waals surface area contributed by atoms with Crippen molar-refractivity contribution in [1.29, 1.82) is 0 Å². The predicted octanol–water partition coefficient (Wildman–Crippen LogP) is 5.39. The number of carbonyl (C=O) groups excluding carboxylic acids is 2. The molecule has 1 aromatic heterocycles. The van der Waals surface area contributed by atoms with E-state index in [-0.39, 0.29) is 17.6 Å². The SMILES string of the molecule is Cc1ccoc1C(=O)Nc1ccc(N2C(=O)c3ccccc3C2(C)C)c(Cl)c1. The lowest BCUT2D eigenvalue weighted by atomic mass is 9.93. The number of anilines is 2. The molecule has 4 rings (SSSR count). The molecule has 1 N–H and O–H groups in total. The van der Waals surface area contributed by atoms with Crippen LogP contribution >= 0.6 is 11.6 Å². The summed E-state index contributed by atoms with van der Waals surface area (Å²) in [5.74, 6) is -0.187. The van der Waals surface area contributed by atoms with Gasteiger partial charge in [-0.2, -0.15) is 0 Å². The van der Waals surface area contributed by atoms with Crippen LogP contribution in [-0.4, -0.2) is 11.8 Å². The Morgan fingerprint density at radius 3 is 2.54 bits per heavy atom. The van der Waals surface area contributed by atoms with E-state index in [1.54, 1.807) is 36.1 Å². The van der Waals surface area contributed by atoms with Crippen LogP contribution in [-0.2, 0) is 5.54 Å². The van der Waals surface area contributed by atoms with E-state index in [4.69, 9.17) is 16.0 Å². The standard InChI is InChI=1S/C22H19ClN2O3/c1-13-10-11-28-19(13)20(26)24-14-8-9-18(17(23)12-14)25-21(27)15-6-4-5-7-16(15)22(25,2)3/h4-12H,1-3H3,(H,24,26). The number of hydrogen-bond donors (Lipinski definition) is 1. The van der Waals surface area contributed by atoms with Crippen molar-refractivity contribution in [2.75, 3.05) is 10.2 Å². The number of hydrogen-bond acceptors (Lipinski definition) is 3. The first-order valence-electron chi connectivity index (χ1n) is 8.90. The average Bonchev–Trinajstić information content (AvgIpc) is 3.16. The van der Waals surface area contributed by atoms with Crippen LogP contribution in [0.25, 0.3) is 0 Å². The van der Waals surface area contributed by atoms with Gasteiger partial charge in [-0.3, -0.25) is 14.5 Å². The first-order chi connectivity index (χ1) is 13.3. The number of rotatable bonds is 3. The topological polar surface area (TPSA) is 62.6 Å². The third kappa shape index (κ3) is 2.79. The van der Waals surface area contributed by atoms with Gasteiger partial charge >= 0.3 is 0 Å². The monoisotopic (exact) mass is 394 g/mol. The molecule has 0 saturated carbocycles. The van der Waals surface area contributed by atoms with Crippen LogP contribution in [0.2, 0.25) is 5.02 Å². The van der Waals surface area contributed by atoms with Gasteiger partial charge in [-0.15, -0.1) is 0 Å². The molecule has 0 spiro atoms. The van der Waals surface area contributed by atoms with Gasteiger partial charge in [0.25, 0.3) is 11.8 Å². The number of amides is 2. The Kier molecular flexibility index (Phi) is 4.27. The maximum absolute atomic E-state index is 13.0. The summed E-state index contributed by atoms with van der Waals surface area (Å²) in [6, 6.07) is 14.4. The van der Waals surface area contributed by atoms with Gasteiger partial charge in [-0.1, -0.05) is 29.8 Å². The highest BCUT2D eigenvalue weighted by Gasteiger charge is 2.44. The summed E-state index contributed by atoms with van der Waals surface area (Å²) in [5.41, 5.74) is 2.97. The molecule has 0 unspecified atom stereocenters. The number of nitrogens with one attached hydrogen (secondary N) is 1. The molecule has 1 aliphatic heterocycles. The van der Waals surface area contributed by atoms with E-state index in [2.05, 4.69) is 5.32 Å². The molecule has 2 aromatic carbocycles. The highest BCUT2D eigenvalue weighted by Crippen LogP contribution is 2.44. The van der Waals surface area contributed by atoms with E-state index in [0.29, 0.717) is 22.0 Å². The van der Waals surface area contributed by atoms with Crippen molar-refractivity contribution in [2.45, 2.75) is 26.3 Å². The van der Waals surface area contributed by atoms with E-state index in [1.165, 1.54) is 6.26 Å². The molecule has 0 atom stereocenters. The Hall–Kier alpha value is -3.05. The van der Waals surface area contributed by atoms with Crippen molar-refractivity contribution >= 4 is 34.8 Å². The molecule has 0 radical (unpaired) electrons. The fourth-order valence-corrected chi connectivity index (χ4v) is 3.93. The van der Waals surface area contributed by atoms with E-state index < -0.39 is 5.54 Å². The number of fused-ring (bicyclic) bond motifs is 1. The minimum absolute atomic E-state index is 0.0921. The predicted molar refractivity (Wildman–Crippen MR) is 109 cm³/mol. The second-order valence-corrected chi connectivity index (χ2v) is 7.71. The van der Waals surface area contributed by atoms with Gasteiger partial charge in [0, 0.05) is 16.8 Å². The molecule has 0 bridgehead atoms. The molecule has 1 aliphatic rings. The normalized spacial score (nSPS) is 14.9. The summed E-state index contributed by atoms with van der Waals surface area (Å²) in [7, 11) is 0. The maximum Gasteiger partial charge on any atom is 0.291 e. The van der Waals surface area contributed by atoms with E-state index >= 15 is 0 Å². The van der Waals surface area contributed by atoms with Crippen LogP contribution < -0.4 is 10.2 Å². The van der Waals surface area contributed by atoms with Gasteiger partial charge in [-0.05, 0) is 56.7 Å². The Balaban J connectivity index is 1.65. The smallest absolute Gasteiger partial charge is 0.291 e. The van der Waals surface area contributed by atoms with Crippen LogP contribution in [0, 0.1) is 6.92 Å². The molecule has 28 heavy (non-hydrogen) atoms. The number of nitrogens with zero attached hydrogens (tertiary/aromatic N) is 1. The second-order valence-electron chi connectivity index (χ2n) is 7.30. The van der Waals surface area contributed by atoms with E-state index in [0.717, 1.165) is 11.1 Å². The zero-order chi connectivity index (χ0) is 20.1. The average molecular weight is 395 g/mol. The highest BCUT2D eigenvalue weighted by molar-refractivity contribution is 6.34. The molecule has 6 heteroatoms. The van der Waals surface area contributed by atoms with Crippen molar-refractivity contribution in [3.8, 4) is 0 Å². The highest BCUT2D eigenvalue weighted by atomic mass is 35.5. The number of carbonyl (C=O) groups is 2. The van der Waals surface area contributed by atoms with Crippen molar-refractivity contribution in [2.24, 2.45) is 0 Å². The molecule has 0 fully saturated rings. The number of furan rings is 1. The lowest BCUT2D eigenvalue weighted by molar-refractivity contribution is 0.0978. The molecule has 0 saturated heterocycles. The molecular weight excluding hydrogens is 376 g/mol. The third-order valence-electron chi connectivity index (χ3n) is 5.09. The van der Waals surface area contributed by atoms with Crippen molar-refractivity contribution in [1.82, 2.24) is 0 Å². The Morgan fingerprint density at radius 1 is 1.14 bits per heavy atom. The summed E-state index contributed by atoms with van der Waals surface area (Å²) in [5, 5.41) is 3.15. The number of benzene rings is 2. The Bertz CT molecular complexity index is 1100. The Labute approximate surface area is 167 Å². The molecular formula is C22H19ClN2O3. The summed E-state index contributed by atoms with van der Waals surface area (Å²) in [6.45, 7) is 5.78. The molecule has 5 nitrogen and oxygen atoms in total. The second kappa shape index (κ2) is 6.53. The molecule has 0 aliphatic carbocycles. The number of halogens is 1. The van der Waals surface area contributed by atoms with Gasteiger partial charge in [0.2, 0.25) is 0 Å². The van der Waals surface area contributed by atoms with Gasteiger partial charge in [0.05, 0.1) is 22.5 Å². The van der Waals surface area contributed by atoms with Crippen LogP contribution in [0.4, 0.5) is 11.4 Å². The van der Waals surface area contributed by atoms with Crippen LogP contribution in [0.15, 0.2) is 59.2 Å². The molecule has 2 amide bonds. The fourth-order valence-electron chi connectivity index (χ4n) is 3.67. The first kappa shape index (κ1) is 18.3. The van der Waals surface area contributed by atoms with E-state index in [1.807, 2.05) is 38.1 Å². The first-order valence-corrected chi connectivity index (χ1v) is 9.27. The number of aryl methyl sites for hydroxylation is 1. The maximum atomic E-state index is 13.0. The summed E-state index contributed by atoms with van der Waals surface area (Å²) in [6.07, 6.45) is 1.47. The minimum atomic E-state index is -0.534. The Morgan fingerprint density at radius 2 is 1.89 bits per heavy atom. The molecule has 3 aromatic rings. The van der Waals surface area contributed by atoms with Gasteiger partial charge in [-0.25, -0.2) is 0 Å². The van der Waals surface area contributed by atoms with Crippen molar-refractivity contribution in [3.05, 3.63) is 82.3 Å². The summed E-state index contributed by atoms with van der Waals surface area (Å²) in [4.78, 5) is 27.0. The third-order valence-corrected chi connectivity index (χ3v) is 5.40. The van der Waals surface area contributed by atoms with Crippen LogP contribution in [0.1, 0.15) is 45.9 Å². The molecule has 142 valence electrons. The minimum Gasteiger partial charge on any atom is -0.459 e. The van der Waals surface area contributed by atoms with Crippen LogP contribution in [0.5, 0.6) is 0 Å². The quantitative estimate of drug-likeness (QED) is 0.647. The lowest BCUT2D eigenvalue weighted by Crippen LogP contribution is -2.39. The summed E-state index contributed by atoms with van der Waals surface area (Å²) >= 11 is 6.52. The van der Waals surface area contributed by atoms with Gasteiger partial charge < -0.3 is 9.73 Å². The largest absolute Gasteiger partial charge is 0.459 e. The summed E-state index contributed by atoms with van der Waals surface area (Å²) < 4.78 is 5.21. The van der Waals surface area contributed by atoms with Gasteiger partial charge in [0.1, 0.15) is 0 Å². The van der Waals surface area contributed by atoms with Crippen LogP contribution in [0.3, 0.4) is 0 Å². The zero-order valence-electron chi connectivity index (χ0n) is 15.7. The van der Waals surface area contributed by atoms with Crippen molar-refractivity contribution in [3.63, 3.8) is 0 Å². The van der Waals surface area contributed by atoms with E-state index in [9.17, 15) is 9.59 Å².